The van der Waals surface area contributed by atoms with Gasteiger partial charge in [0.05, 0.1) is 12.5 Å². The average Bonchev–Trinajstić information content (AvgIpc) is 3.05. The predicted octanol–water partition coefficient (Wildman–Crippen LogP) is 2.15. The first-order valence-corrected chi connectivity index (χ1v) is 8.03. The van der Waals surface area contributed by atoms with Gasteiger partial charge < -0.3 is 15.2 Å². The van der Waals surface area contributed by atoms with Crippen LogP contribution in [0.25, 0.3) is 0 Å². The minimum absolute atomic E-state index is 0.239. The fourth-order valence-corrected chi connectivity index (χ4v) is 3.35. The van der Waals surface area contributed by atoms with Gasteiger partial charge >= 0.3 is 6.09 Å². The second kappa shape index (κ2) is 6.10. The number of ether oxygens (including phenoxy) is 2. The van der Waals surface area contributed by atoms with Crippen molar-refractivity contribution < 1.29 is 19.1 Å². The van der Waals surface area contributed by atoms with Crippen molar-refractivity contribution in [2.75, 3.05) is 13.2 Å². The van der Waals surface area contributed by atoms with E-state index in [0.29, 0.717) is 6.61 Å². The monoisotopic (exact) mass is 318 g/mol. The van der Waals surface area contributed by atoms with Crippen LogP contribution in [0.3, 0.4) is 0 Å². The molecule has 2 N–H and O–H groups in total. The van der Waals surface area contributed by atoms with Crippen LogP contribution in [0.15, 0.2) is 18.2 Å². The summed E-state index contributed by atoms with van der Waals surface area (Å²) in [6, 6.07) is 5.50. The van der Waals surface area contributed by atoms with Crippen molar-refractivity contribution in [2.24, 2.45) is 11.7 Å². The van der Waals surface area contributed by atoms with Crippen LogP contribution in [0.4, 0.5) is 4.79 Å². The maximum Gasteiger partial charge on any atom is 0.410 e. The number of nitrogens with two attached hydrogens (primary N) is 1. The van der Waals surface area contributed by atoms with Gasteiger partial charge in [0.25, 0.3) is 0 Å². The summed E-state index contributed by atoms with van der Waals surface area (Å²) < 4.78 is 11.3. The molecule has 6 nitrogen and oxygen atoms in total. The number of fused-ring (bicyclic) bond motifs is 3. The topological polar surface area (TPSA) is 81.9 Å². The number of benzene rings is 1. The smallest absolute Gasteiger partial charge is 0.410 e. The van der Waals surface area contributed by atoms with Crippen molar-refractivity contribution >= 4 is 12.0 Å². The molecule has 1 aromatic rings. The molecule has 2 amide bonds. The zero-order chi connectivity index (χ0) is 16.6. The first-order chi connectivity index (χ1) is 11.0. The second-order valence-electron chi connectivity index (χ2n) is 6.15. The van der Waals surface area contributed by atoms with Crippen molar-refractivity contribution in [2.45, 2.75) is 38.8 Å². The summed E-state index contributed by atoms with van der Waals surface area (Å²) >= 11 is 0. The van der Waals surface area contributed by atoms with Crippen LogP contribution in [0.1, 0.15) is 36.9 Å². The summed E-state index contributed by atoms with van der Waals surface area (Å²) in [5, 5.41) is 0. The zero-order valence-electron chi connectivity index (χ0n) is 13.5. The molecule has 1 aromatic carbocycles. The number of amides is 2. The molecule has 3 rings (SSSR count). The Labute approximate surface area is 135 Å². The molecule has 23 heavy (non-hydrogen) atoms. The maximum absolute atomic E-state index is 12.4. The molecule has 124 valence electrons. The van der Waals surface area contributed by atoms with Gasteiger partial charge in [-0.15, -0.1) is 0 Å². The van der Waals surface area contributed by atoms with Crippen molar-refractivity contribution in [3.63, 3.8) is 0 Å². The molecule has 0 saturated carbocycles. The number of aryl methyl sites for hydroxylation is 1. The molecule has 1 fully saturated rings. The van der Waals surface area contributed by atoms with Gasteiger partial charge in [-0.1, -0.05) is 31.5 Å². The molecule has 0 spiro atoms. The Morgan fingerprint density at radius 3 is 2.91 bits per heavy atom. The largest absolute Gasteiger partial charge is 0.486 e. The number of primary amides is 1. The third kappa shape index (κ3) is 2.62. The molecular weight excluding hydrogens is 296 g/mol. The first-order valence-electron chi connectivity index (χ1n) is 8.03. The lowest BCUT2D eigenvalue weighted by atomic mass is 9.97. The fraction of sp³-hybridized carbons (Fsp3) is 0.529. The number of likely N-dealkylation sites (tertiary alicyclic amines) is 1. The Balaban J connectivity index is 1.88. The van der Waals surface area contributed by atoms with Crippen molar-refractivity contribution in [3.05, 3.63) is 29.3 Å². The molecule has 0 aliphatic carbocycles. The van der Waals surface area contributed by atoms with Crippen LogP contribution in [-0.2, 0) is 9.53 Å². The second-order valence-corrected chi connectivity index (χ2v) is 6.15. The highest BCUT2D eigenvalue weighted by atomic mass is 16.6. The summed E-state index contributed by atoms with van der Waals surface area (Å²) in [6.45, 7) is 4.60. The van der Waals surface area contributed by atoms with Crippen LogP contribution < -0.4 is 10.5 Å². The predicted molar refractivity (Wildman–Crippen MR) is 84.0 cm³/mol. The minimum atomic E-state index is -0.523. The van der Waals surface area contributed by atoms with E-state index in [1.807, 2.05) is 32.0 Å². The summed E-state index contributed by atoms with van der Waals surface area (Å²) in [7, 11) is 0. The summed E-state index contributed by atoms with van der Waals surface area (Å²) in [5.41, 5.74) is 7.42. The summed E-state index contributed by atoms with van der Waals surface area (Å²) in [6.07, 6.45) is 0.936. The molecule has 2 aliphatic heterocycles. The Bertz CT molecular complexity index is 631. The minimum Gasteiger partial charge on any atom is -0.486 e. The molecule has 0 radical (unpaired) electrons. The van der Waals surface area contributed by atoms with Crippen LogP contribution in [0.5, 0.6) is 5.75 Å². The lowest BCUT2D eigenvalue weighted by Crippen LogP contribution is -2.35. The van der Waals surface area contributed by atoms with Gasteiger partial charge in [0.1, 0.15) is 17.9 Å². The van der Waals surface area contributed by atoms with Gasteiger partial charge in [0, 0.05) is 12.1 Å². The van der Waals surface area contributed by atoms with E-state index in [9.17, 15) is 9.59 Å². The first kappa shape index (κ1) is 15.6. The molecule has 0 bridgehead atoms. The highest BCUT2D eigenvalue weighted by Crippen LogP contribution is 2.48. The van der Waals surface area contributed by atoms with E-state index < -0.39 is 24.0 Å². The summed E-state index contributed by atoms with van der Waals surface area (Å²) in [4.78, 5) is 25.8. The molecule has 2 heterocycles. The van der Waals surface area contributed by atoms with Crippen LogP contribution in [-0.4, -0.2) is 36.2 Å². The lowest BCUT2D eigenvalue weighted by Gasteiger charge is -2.22. The average molecular weight is 318 g/mol. The molecular formula is C17H22N2O4. The van der Waals surface area contributed by atoms with Gasteiger partial charge in [-0.3, -0.25) is 9.69 Å². The third-order valence-corrected chi connectivity index (χ3v) is 4.58. The molecule has 2 aliphatic rings. The maximum atomic E-state index is 12.4. The van der Waals surface area contributed by atoms with Crippen molar-refractivity contribution in [1.29, 1.82) is 0 Å². The van der Waals surface area contributed by atoms with Crippen molar-refractivity contribution in [1.82, 2.24) is 4.90 Å². The number of carbonyl (C=O) groups excluding carboxylic acids is 2. The number of unbranched alkanes of at least 4 members (excludes halogenated alkanes) is 1. The van der Waals surface area contributed by atoms with Gasteiger partial charge in [0.2, 0.25) is 5.91 Å². The zero-order valence-corrected chi connectivity index (χ0v) is 13.5. The normalized spacial score (nSPS) is 24.8. The van der Waals surface area contributed by atoms with E-state index in [1.54, 1.807) is 4.90 Å². The molecule has 0 aromatic heterocycles. The van der Waals surface area contributed by atoms with Crippen molar-refractivity contribution in [3.8, 4) is 5.75 Å². The Morgan fingerprint density at radius 2 is 2.22 bits per heavy atom. The third-order valence-electron chi connectivity index (χ3n) is 4.58. The number of carbonyl (C=O) groups is 2. The van der Waals surface area contributed by atoms with Gasteiger partial charge in [-0.25, -0.2) is 4.79 Å². The standard InChI is InChI=1S/C17H22N2O4/c1-3-4-8-22-17(21)19-9-12(16(18)20)15-13(19)11-7-5-6-10(2)14(11)23-15/h5-7,12-13,15H,3-4,8-9H2,1-2H3,(H2,18,20)/t12-,13+,15+/m1/s1. The van der Waals surface area contributed by atoms with Gasteiger partial charge in [-0.2, -0.15) is 0 Å². The molecule has 3 atom stereocenters. The number of hydrogen-bond donors (Lipinski definition) is 1. The Hall–Kier alpha value is -2.24. The van der Waals surface area contributed by atoms with Crippen LogP contribution >= 0.6 is 0 Å². The number of hydrogen-bond acceptors (Lipinski definition) is 4. The highest BCUT2D eigenvalue weighted by molar-refractivity contribution is 5.81. The van der Waals surface area contributed by atoms with Gasteiger partial charge in [0.15, 0.2) is 0 Å². The van der Waals surface area contributed by atoms with E-state index in [-0.39, 0.29) is 12.6 Å². The number of nitrogens with zero attached hydrogens (tertiary/aromatic N) is 1. The fourth-order valence-electron chi connectivity index (χ4n) is 3.35. The SMILES string of the molecule is CCCCOC(=O)N1C[C@@H](C(N)=O)[C@@H]2Oc3c(C)cccc3[C@@H]21. The van der Waals surface area contributed by atoms with E-state index in [1.165, 1.54) is 0 Å². The molecule has 0 unspecified atom stereocenters. The quantitative estimate of drug-likeness (QED) is 0.862. The molecule has 1 saturated heterocycles. The number of rotatable bonds is 4. The Kier molecular flexibility index (Phi) is 4.15. The van der Waals surface area contributed by atoms with E-state index >= 15 is 0 Å². The van der Waals surface area contributed by atoms with E-state index in [2.05, 4.69) is 0 Å². The highest BCUT2D eigenvalue weighted by Gasteiger charge is 2.53. The van der Waals surface area contributed by atoms with E-state index in [4.69, 9.17) is 15.2 Å². The van der Waals surface area contributed by atoms with Crippen LogP contribution in [0.2, 0.25) is 0 Å². The van der Waals surface area contributed by atoms with Crippen LogP contribution in [0, 0.1) is 12.8 Å². The van der Waals surface area contributed by atoms with Gasteiger partial charge in [-0.05, 0) is 18.9 Å². The lowest BCUT2D eigenvalue weighted by molar-refractivity contribution is -0.123. The van der Waals surface area contributed by atoms with E-state index in [0.717, 1.165) is 29.7 Å². The number of para-hydroxylation sites is 1. The Morgan fingerprint density at radius 1 is 1.43 bits per heavy atom. The summed E-state index contributed by atoms with van der Waals surface area (Å²) in [5.74, 6) is -0.223. The molecule has 6 heteroatoms.